The lowest BCUT2D eigenvalue weighted by Gasteiger charge is -2.16. The van der Waals surface area contributed by atoms with Crippen molar-refractivity contribution in [1.82, 2.24) is 0 Å². The van der Waals surface area contributed by atoms with Crippen LogP contribution in [-0.4, -0.2) is 17.3 Å². The van der Waals surface area contributed by atoms with Crippen molar-refractivity contribution in [2.45, 2.75) is 12.1 Å². The summed E-state index contributed by atoms with van der Waals surface area (Å²) in [5.74, 6) is -4.37. The first-order chi connectivity index (χ1) is 6.82. The van der Waals surface area contributed by atoms with Gasteiger partial charge in [-0.25, -0.2) is 0 Å². The molecule has 6 heteroatoms. The van der Waals surface area contributed by atoms with Gasteiger partial charge in [0.15, 0.2) is 5.92 Å². The van der Waals surface area contributed by atoms with Gasteiger partial charge in [-0.15, -0.1) is 0 Å². The summed E-state index contributed by atoms with van der Waals surface area (Å²) in [6.07, 6.45) is -4.78. The molecule has 0 saturated carbocycles. The van der Waals surface area contributed by atoms with Crippen LogP contribution < -0.4 is 0 Å². The van der Waals surface area contributed by atoms with Crippen molar-refractivity contribution < 1.29 is 23.1 Å². The Kier molecular flexibility index (Phi) is 3.38. The highest BCUT2D eigenvalue weighted by Crippen LogP contribution is 2.35. The van der Waals surface area contributed by atoms with Gasteiger partial charge in [0, 0.05) is 4.47 Å². The van der Waals surface area contributed by atoms with Crippen LogP contribution in [0.1, 0.15) is 11.5 Å². The summed E-state index contributed by atoms with van der Waals surface area (Å²) in [4.78, 5) is 10.5. The third kappa shape index (κ3) is 2.95. The summed E-state index contributed by atoms with van der Waals surface area (Å²) in [7, 11) is 0. The first-order valence-corrected chi connectivity index (χ1v) is 4.66. The molecule has 82 valence electrons. The number of alkyl halides is 3. The van der Waals surface area contributed by atoms with E-state index in [0.29, 0.717) is 4.47 Å². The number of halogens is 4. The molecule has 1 aromatic carbocycles. The maximum atomic E-state index is 12.4. The van der Waals surface area contributed by atoms with Gasteiger partial charge in [-0.3, -0.25) is 4.79 Å². The molecule has 0 spiro atoms. The Morgan fingerprint density at radius 1 is 1.27 bits per heavy atom. The molecular formula is C9H6BrF3O2. The quantitative estimate of drug-likeness (QED) is 0.905. The average molecular weight is 283 g/mol. The normalized spacial score (nSPS) is 13.6. The predicted molar refractivity (Wildman–Crippen MR) is 50.6 cm³/mol. The minimum absolute atomic E-state index is 0.279. The molecule has 1 rings (SSSR count). The topological polar surface area (TPSA) is 37.3 Å². The van der Waals surface area contributed by atoms with Crippen LogP contribution in [0.2, 0.25) is 0 Å². The highest BCUT2D eigenvalue weighted by Gasteiger charge is 2.46. The highest BCUT2D eigenvalue weighted by atomic mass is 79.9. The molecule has 15 heavy (non-hydrogen) atoms. The van der Waals surface area contributed by atoms with Crippen LogP contribution in [0.25, 0.3) is 0 Å². The van der Waals surface area contributed by atoms with Crippen LogP contribution in [0.15, 0.2) is 28.7 Å². The number of carbonyl (C=O) groups is 1. The first kappa shape index (κ1) is 12.0. The number of carboxylic acid groups (broad SMARTS) is 1. The molecule has 0 aliphatic heterocycles. The van der Waals surface area contributed by atoms with Crippen LogP contribution in [0.4, 0.5) is 13.2 Å². The van der Waals surface area contributed by atoms with E-state index in [-0.39, 0.29) is 5.56 Å². The summed E-state index contributed by atoms with van der Waals surface area (Å²) in [6.45, 7) is 0. The number of carboxylic acids is 1. The molecule has 1 N–H and O–H groups in total. The summed E-state index contributed by atoms with van der Waals surface area (Å²) in [5, 5.41) is 8.50. The molecule has 0 fully saturated rings. The van der Waals surface area contributed by atoms with E-state index in [0.717, 1.165) is 12.1 Å². The fraction of sp³-hybridized carbons (Fsp3) is 0.222. The fourth-order valence-corrected chi connectivity index (χ4v) is 1.39. The summed E-state index contributed by atoms with van der Waals surface area (Å²) >= 11 is 3.05. The lowest BCUT2D eigenvalue weighted by Crippen LogP contribution is -2.28. The zero-order valence-corrected chi connectivity index (χ0v) is 8.84. The Morgan fingerprint density at radius 2 is 1.73 bits per heavy atom. The number of rotatable bonds is 2. The van der Waals surface area contributed by atoms with Crippen LogP contribution in [-0.2, 0) is 4.79 Å². The standard InChI is InChI=1S/C9H6BrF3O2/c10-6-3-1-5(2-4-6)7(8(14)15)9(11,12)13/h1-4,7H,(H,14,15). The van der Waals surface area contributed by atoms with E-state index in [2.05, 4.69) is 15.9 Å². The monoisotopic (exact) mass is 282 g/mol. The van der Waals surface area contributed by atoms with Gasteiger partial charge in [-0.2, -0.15) is 13.2 Å². The Bertz CT molecular complexity index is 359. The number of aliphatic carboxylic acids is 1. The number of hydrogen-bond donors (Lipinski definition) is 1. The fourth-order valence-electron chi connectivity index (χ4n) is 1.13. The highest BCUT2D eigenvalue weighted by molar-refractivity contribution is 9.10. The van der Waals surface area contributed by atoms with Crippen molar-refractivity contribution in [3.63, 3.8) is 0 Å². The van der Waals surface area contributed by atoms with Gasteiger partial charge >= 0.3 is 12.1 Å². The molecule has 1 aromatic rings. The van der Waals surface area contributed by atoms with Crippen LogP contribution >= 0.6 is 15.9 Å². The molecule has 0 saturated heterocycles. The SMILES string of the molecule is O=C(O)C(c1ccc(Br)cc1)C(F)(F)F. The molecule has 0 bridgehead atoms. The van der Waals surface area contributed by atoms with Crippen molar-refractivity contribution in [2.75, 3.05) is 0 Å². The van der Waals surface area contributed by atoms with Crippen molar-refractivity contribution >= 4 is 21.9 Å². The molecule has 0 aromatic heterocycles. The van der Waals surface area contributed by atoms with E-state index >= 15 is 0 Å². The van der Waals surface area contributed by atoms with Crippen LogP contribution in [0.3, 0.4) is 0 Å². The third-order valence-corrected chi connectivity index (χ3v) is 2.31. The van der Waals surface area contributed by atoms with Gasteiger partial charge in [-0.1, -0.05) is 28.1 Å². The number of hydrogen-bond acceptors (Lipinski definition) is 1. The maximum Gasteiger partial charge on any atom is 0.406 e. The molecule has 2 nitrogen and oxygen atoms in total. The Morgan fingerprint density at radius 3 is 2.07 bits per heavy atom. The molecule has 0 aliphatic rings. The largest absolute Gasteiger partial charge is 0.481 e. The average Bonchev–Trinajstić information content (AvgIpc) is 2.05. The molecule has 1 unspecified atom stereocenters. The van der Waals surface area contributed by atoms with Crippen molar-refractivity contribution in [3.8, 4) is 0 Å². The third-order valence-electron chi connectivity index (χ3n) is 1.78. The molecular weight excluding hydrogens is 277 g/mol. The maximum absolute atomic E-state index is 12.4. The Hall–Kier alpha value is -1.04. The van der Waals surface area contributed by atoms with E-state index in [9.17, 15) is 18.0 Å². The van der Waals surface area contributed by atoms with Gasteiger partial charge in [0.05, 0.1) is 0 Å². The van der Waals surface area contributed by atoms with Crippen molar-refractivity contribution in [2.24, 2.45) is 0 Å². The molecule has 0 heterocycles. The van der Waals surface area contributed by atoms with E-state index in [1.54, 1.807) is 0 Å². The zero-order valence-electron chi connectivity index (χ0n) is 7.25. The first-order valence-electron chi connectivity index (χ1n) is 3.87. The second kappa shape index (κ2) is 4.22. The van der Waals surface area contributed by atoms with Crippen molar-refractivity contribution in [1.29, 1.82) is 0 Å². The van der Waals surface area contributed by atoms with Gasteiger partial charge in [0.2, 0.25) is 0 Å². The lowest BCUT2D eigenvalue weighted by atomic mass is 9.99. The minimum atomic E-state index is -4.78. The zero-order chi connectivity index (χ0) is 11.6. The number of benzene rings is 1. The van der Waals surface area contributed by atoms with Gasteiger partial charge in [0.1, 0.15) is 0 Å². The molecule has 0 radical (unpaired) electrons. The Balaban J connectivity index is 3.11. The summed E-state index contributed by atoms with van der Waals surface area (Å²) in [6, 6.07) is 5.01. The van der Waals surface area contributed by atoms with E-state index in [1.165, 1.54) is 12.1 Å². The van der Waals surface area contributed by atoms with E-state index < -0.39 is 18.1 Å². The predicted octanol–water partition coefficient (Wildman–Crippen LogP) is 3.18. The summed E-state index contributed by atoms with van der Waals surface area (Å²) in [5.41, 5.74) is -0.279. The van der Waals surface area contributed by atoms with Gasteiger partial charge < -0.3 is 5.11 Å². The van der Waals surface area contributed by atoms with Gasteiger partial charge in [-0.05, 0) is 17.7 Å². The molecule has 1 atom stereocenters. The van der Waals surface area contributed by atoms with Gasteiger partial charge in [0.25, 0.3) is 0 Å². The molecule has 0 aliphatic carbocycles. The second-order valence-electron chi connectivity index (χ2n) is 2.86. The lowest BCUT2D eigenvalue weighted by molar-refractivity contribution is -0.176. The van der Waals surface area contributed by atoms with Crippen LogP contribution in [0.5, 0.6) is 0 Å². The van der Waals surface area contributed by atoms with E-state index in [4.69, 9.17) is 5.11 Å². The molecule has 0 amide bonds. The smallest absolute Gasteiger partial charge is 0.406 e. The van der Waals surface area contributed by atoms with E-state index in [1.807, 2.05) is 0 Å². The Labute approximate surface area is 91.8 Å². The van der Waals surface area contributed by atoms with Crippen LogP contribution in [0, 0.1) is 0 Å². The second-order valence-corrected chi connectivity index (χ2v) is 3.78. The minimum Gasteiger partial charge on any atom is -0.481 e. The summed E-state index contributed by atoms with van der Waals surface area (Å²) < 4.78 is 37.7. The van der Waals surface area contributed by atoms with Crippen molar-refractivity contribution in [3.05, 3.63) is 34.3 Å².